The maximum atomic E-state index is 13.5. The summed E-state index contributed by atoms with van der Waals surface area (Å²) in [5.41, 5.74) is 3.43. The quantitative estimate of drug-likeness (QED) is 0.490. The van der Waals surface area contributed by atoms with Gasteiger partial charge in [0, 0.05) is 43.5 Å². The smallest absolute Gasteiger partial charge is 0.254 e. The van der Waals surface area contributed by atoms with Gasteiger partial charge in [0.2, 0.25) is 0 Å². The van der Waals surface area contributed by atoms with Crippen LogP contribution in [0.4, 0.5) is 5.82 Å². The number of rotatable bonds is 4. The molecule has 2 aromatic carbocycles. The second-order valence-corrected chi connectivity index (χ2v) is 7.77. The number of methoxy groups -OCH3 is 1. The Morgan fingerprint density at radius 3 is 2.53 bits per heavy atom. The molecule has 0 unspecified atom stereocenters. The molecular weight excluding hydrogens is 406 g/mol. The Hall–Kier alpha value is -3.94. The molecule has 1 aliphatic rings. The number of benzene rings is 2. The van der Waals surface area contributed by atoms with Crippen molar-refractivity contribution in [3.8, 4) is 16.9 Å². The zero-order valence-electron chi connectivity index (χ0n) is 18.0. The third kappa shape index (κ3) is 3.53. The van der Waals surface area contributed by atoms with Gasteiger partial charge in [-0.2, -0.15) is 0 Å². The molecule has 1 amide bonds. The molecule has 3 heterocycles. The summed E-state index contributed by atoms with van der Waals surface area (Å²) in [6, 6.07) is 13.9. The molecule has 0 spiro atoms. The van der Waals surface area contributed by atoms with E-state index in [2.05, 4.69) is 20.2 Å². The van der Waals surface area contributed by atoms with Crippen LogP contribution in [0.3, 0.4) is 0 Å². The van der Waals surface area contributed by atoms with Crippen LogP contribution in [0, 0.1) is 6.92 Å². The average molecular weight is 429 g/mol. The van der Waals surface area contributed by atoms with Crippen molar-refractivity contribution in [3.63, 3.8) is 0 Å². The number of aryl methyl sites for hydroxylation is 1. The summed E-state index contributed by atoms with van der Waals surface area (Å²) < 4.78 is 10.1. The molecule has 4 aromatic rings. The van der Waals surface area contributed by atoms with Crippen molar-refractivity contribution in [1.29, 1.82) is 0 Å². The Kier molecular flexibility index (Phi) is 5.18. The van der Waals surface area contributed by atoms with Gasteiger partial charge in [-0.15, -0.1) is 0 Å². The van der Waals surface area contributed by atoms with Crippen LogP contribution in [0.5, 0.6) is 5.75 Å². The van der Waals surface area contributed by atoms with Gasteiger partial charge in [0.1, 0.15) is 11.4 Å². The minimum absolute atomic E-state index is 0.0335. The van der Waals surface area contributed by atoms with E-state index >= 15 is 0 Å². The maximum Gasteiger partial charge on any atom is 0.254 e. The highest BCUT2D eigenvalue weighted by Gasteiger charge is 2.26. The van der Waals surface area contributed by atoms with Crippen LogP contribution in [-0.2, 0) is 0 Å². The van der Waals surface area contributed by atoms with Gasteiger partial charge in [-0.1, -0.05) is 35.5 Å². The van der Waals surface area contributed by atoms with Gasteiger partial charge < -0.3 is 14.5 Å². The van der Waals surface area contributed by atoms with Gasteiger partial charge in [-0.3, -0.25) is 9.78 Å². The molecule has 1 saturated heterocycles. The Balaban J connectivity index is 1.43. The molecule has 32 heavy (non-hydrogen) atoms. The molecular formula is C24H23N5O3. The van der Waals surface area contributed by atoms with E-state index in [0.29, 0.717) is 37.5 Å². The maximum absolute atomic E-state index is 13.5. The van der Waals surface area contributed by atoms with Crippen LogP contribution < -0.4 is 9.64 Å². The fraction of sp³-hybridized carbons (Fsp3) is 0.250. The lowest BCUT2D eigenvalue weighted by atomic mass is 9.96. The topological polar surface area (TPSA) is 84.6 Å². The first-order valence-corrected chi connectivity index (χ1v) is 10.5. The van der Waals surface area contributed by atoms with Crippen LogP contribution in [0.2, 0.25) is 0 Å². The summed E-state index contributed by atoms with van der Waals surface area (Å²) in [5, 5.41) is 9.77. The van der Waals surface area contributed by atoms with E-state index in [1.54, 1.807) is 13.3 Å². The van der Waals surface area contributed by atoms with Crippen molar-refractivity contribution in [2.75, 3.05) is 38.2 Å². The Morgan fingerprint density at radius 2 is 1.78 bits per heavy atom. The molecule has 0 radical (unpaired) electrons. The van der Waals surface area contributed by atoms with E-state index < -0.39 is 0 Å². The van der Waals surface area contributed by atoms with Crippen molar-refractivity contribution >= 4 is 22.5 Å². The second-order valence-electron chi connectivity index (χ2n) is 7.77. The largest absolute Gasteiger partial charge is 0.495 e. The fourth-order valence-electron chi connectivity index (χ4n) is 4.23. The number of carbonyl (C=O) groups excluding carboxylic acids is 1. The van der Waals surface area contributed by atoms with Crippen LogP contribution in [-0.4, -0.2) is 59.4 Å². The van der Waals surface area contributed by atoms with E-state index in [1.807, 2.05) is 60.5 Å². The minimum atomic E-state index is 0.0335. The molecule has 0 aliphatic carbocycles. The normalized spacial score (nSPS) is 14.1. The third-order valence-electron chi connectivity index (χ3n) is 5.91. The molecule has 8 nitrogen and oxygen atoms in total. The SMILES string of the molecule is COc1cncc(-c2cccc3c(C(=O)N4CCN(c5nonc5C)CC4)cccc23)c1. The van der Waals surface area contributed by atoms with E-state index in [9.17, 15) is 4.79 Å². The van der Waals surface area contributed by atoms with Crippen LogP contribution in [0.15, 0.2) is 59.5 Å². The molecule has 8 heteroatoms. The zero-order chi connectivity index (χ0) is 22.1. The van der Waals surface area contributed by atoms with E-state index in [4.69, 9.17) is 9.37 Å². The molecule has 1 aliphatic heterocycles. The van der Waals surface area contributed by atoms with E-state index in [0.717, 1.165) is 33.4 Å². The highest BCUT2D eigenvalue weighted by Crippen LogP contribution is 2.32. The van der Waals surface area contributed by atoms with Gasteiger partial charge in [-0.25, -0.2) is 4.63 Å². The molecule has 5 rings (SSSR count). The monoisotopic (exact) mass is 429 g/mol. The first-order chi connectivity index (χ1) is 15.7. The number of pyridine rings is 1. The summed E-state index contributed by atoms with van der Waals surface area (Å²) in [6.07, 6.45) is 3.49. The number of carbonyl (C=O) groups is 1. The number of hydrogen-bond acceptors (Lipinski definition) is 7. The molecule has 0 atom stereocenters. The van der Waals surface area contributed by atoms with E-state index in [-0.39, 0.29) is 5.91 Å². The van der Waals surface area contributed by atoms with Gasteiger partial charge >= 0.3 is 0 Å². The van der Waals surface area contributed by atoms with Crippen molar-refractivity contribution in [1.82, 2.24) is 20.2 Å². The number of nitrogens with zero attached hydrogens (tertiary/aromatic N) is 5. The zero-order valence-corrected chi connectivity index (χ0v) is 18.0. The first-order valence-electron chi connectivity index (χ1n) is 10.5. The molecule has 1 fully saturated rings. The number of ether oxygens (including phenoxy) is 1. The summed E-state index contributed by atoms with van der Waals surface area (Å²) in [4.78, 5) is 21.7. The predicted octanol–water partition coefficient (Wildman–Crippen LogP) is 3.56. The van der Waals surface area contributed by atoms with E-state index in [1.165, 1.54) is 0 Å². The van der Waals surface area contributed by atoms with Crippen molar-refractivity contribution in [3.05, 3.63) is 66.1 Å². The first kappa shape index (κ1) is 20.0. The lowest BCUT2D eigenvalue weighted by Gasteiger charge is -2.34. The summed E-state index contributed by atoms with van der Waals surface area (Å²) in [5.74, 6) is 1.48. The van der Waals surface area contributed by atoms with Crippen molar-refractivity contribution in [2.24, 2.45) is 0 Å². The lowest BCUT2D eigenvalue weighted by Crippen LogP contribution is -2.49. The van der Waals surface area contributed by atoms with Crippen LogP contribution in [0.25, 0.3) is 21.9 Å². The number of fused-ring (bicyclic) bond motifs is 1. The molecule has 0 bridgehead atoms. The third-order valence-corrected chi connectivity index (χ3v) is 5.91. The number of amides is 1. The highest BCUT2D eigenvalue weighted by atomic mass is 16.6. The number of anilines is 1. The lowest BCUT2D eigenvalue weighted by molar-refractivity contribution is 0.0748. The number of aromatic nitrogens is 3. The Labute approximate surface area is 185 Å². The number of hydrogen-bond donors (Lipinski definition) is 0. The molecule has 0 N–H and O–H groups in total. The second kappa shape index (κ2) is 8.30. The van der Waals surface area contributed by atoms with Crippen LogP contribution >= 0.6 is 0 Å². The summed E-state index contributed by atoms with van der Waals surface area (Å²) in [7, 11) is 1.63. The Bertz CT molecular complexity index is 1280. The van der Waals surface area contributed by atoms with Gasteiger partial charge in [0.25, 0.3) is 5.91 Å². The minimum Gasteiger partial charge on any atom is -0.495 e. The van der Waals surface area contributed by atoms with Crippen LogP contribution in [0.1, 0.15) is 16.1 Å². The summed E-state index contributed by atoms with van der Waals surface area (Å²) >= 11 is 0. The van der Waals surface area contributed by atoms with Gasteiger partial charge in [0.05, 0.1) is 13.3 Å². The standard InChI is InChI=1S/C24H23N5O3/c1-16-23(27-32-26-16)28-9-11-29(12-10-28)24(30)22-8-4-6-20-19(5-3-7-21(20)22)17-13-18(31-2)15-25-14-17/h3-8,13-15H,9-12H2,1-2H3. The molecule has 162 valence electrons. The molecule has 2 aromatic heterocycles. The predicted molar refractivity (Wildman–Crippen MR) is 121 cm³/mol. The highest BCUT2D eigenvalue weighted by molar-refractivity contribution is 6.10. The van der Waals surface area contributed by atoms with Gasteiger partial charge in [0.15, 0.2) is 5.82 Å². The molecule has 0 saturated carbocycles. The van der Waals surface area contributed by atoms with Gasteiger partial charge in [-0.05, 0) is 40.5 Å². The summed E-state index contributed by atoms with van der Waals surface area (Å²) in [6.45, 7) is 4.47. The Morgan fingerprint density at radius 1 is 1.00 bits per heavy atom. The van der Waals surface area contributed by atoms with Crippen molar-refractivity contribution < 1.29 is 14.2 Å². The average Bonchev–Trinajstić information content (AvgIpc) is 3.28. The number of piperazine rings is 1. The fourth-order valence-corrected chi connectivity index (χ4v) is 4.23. The van der Waals surface area contributed by atoms with Crippen molar-refractivity contribution in [2.45, 2.75) is 6.92 Å².